The summed E-state index contributed by atoms with van der Waals surface area (Å²) in [4.78, 5) is 19.3. The lowest BCUT2D eigenvalue weighted by atomic mass is 9.85. The first-order valence-electron chi connectivity index (χ1n) is 6.90. The van der Waals surface area contributed by atoms with E-state index >= 15 is 0 Å². The Morgan fingerprint density at radius 3 is 2.76 bits per heavy atom. The number of halogens is 1. The zero-order valence-corrected chi connectivity index (χ0v) is 14.5. The number of hydrogen-bond acceptors (Lipinski definition) is 3. The molecule has 1 aromatic rings. The number of amides is 1. The van der Waals surface area contributed by atoms with Crippen LogP contribution in [0.1, 0.15) is 31.7 Å². The maximum Gasteiger partial charge on any atom is 0.222 e. The largest absolute Gasteiger partial charge is 0.370 e. The maximum absolute atomic E-state index is 10.9. The number of guanidine groups is 1. The second-order valence-electron chi connectivity index (χ2n) is 5.11. The van der Waals surface area contributed by atoms with Gasteiger partial charge in [-0.1, -0.05) is 12.5 Å². The Morgan fingerprint density at radius 1 is 1.48 bits per heavy atom. The van der Waals surface area contributed by atoms with Crippen LogP contribution in [0.2, 0.25) is 0 Å². The fraction of sp³-hybridized carbons (Fsp3) is 0.500. The van der Waals surface area contributed by atoms with Crippen molar-refractivity contribution in [1.29, 1.82) is 0 Å². The highest BCUT2D eigenvalue weighted by Crippen LogP contribution is 2.24. The van der Waals surface area contributed by atoms with Crippen LogP contribution in [0.5, 0.6) is 0 Å². The molecule has 1 amide bonds. The Bertz CT molecular complexity index is 485. The molecule has 1 heterocycles. The third kappa shape index (κ3) is 6.28. The van der Waals surface area contributed by atoms with Crippen LogP contribution in [-0.4, -0.2) is 23.4 Å². The number of nitrogens with zero attached hydrogens (tertiary/aromatic N) is 2. The molecule has 21 heavy (non-hydrogen) atoms. The number of aliphatic imine (C=N–C) groups is 1. The van der Waals surface area contributed by atoms with E-state index in [1.54, 1.807) is 12.3 Å². The van der Waals surface area contributed by atoms with Gasteiger partial charge in [0.05, 0.1) is 6.54 Å². The topological polar surface area (TPSA) is 92.4 Å². The normalized spacial score (nSPS) is 14.8. The summed E-state index contributed by atoms with van der Waals surface area (Å²) in [6.07, 6.45) is 5.59. The van der Waals surface area contributed by atoms with Crippen LogP contribution < -0.4 is 16.4 Å². The predicted octanol–water partition coefficient (Wildman–Crippen LogP) is 1.86. The second kappa shape index (κ2) is 8.81. The van der Waals surface area contributed by atoms with Gasteiger partial charge in [0.1, 0.15) is 5.82 Å². The van der Waals surface area contributed by atoms with Crippen molar-refractivity contribution in [3.8, 4) is 0 Å². The molecule has 0 radical (unpaired) electrons. The van der Waals surface area contributed by atoms with Gasteiger partial charge in [0.15, 0.2) is 5.96 Å². The Hall–Kier alpha value is -1.38. The van der Waals surface area contributed by atoms with Crippen molar-refractivity contribution in [3.05, 3.63) is 23.9 Å². The third-order valence-electron chi connectivity index (χ3n) is 3.36. The number of pyridine rings is 1. The molecule has 7 heteroatoms. The fourth-order valence-corrected chi connectivity index (χ4v) is 1.95. The number of anilines is 1. The van der Waals surface area contributed by atoms with Gasteiger partial charge in [0.2, 0.25) is 5.91 Å². The van der Waals surface area contributed by atoms with Gasteiger partial charge in [-0.15, -0.1) is 24.0 Å². The van der Waals surface area contributed by atoms with Crippen LogP contribution in [0, 0.1) is 5.92 Å². The molecule has 0 aromatic carbocycles. The summed E-state index contributed by atoms with van der Waals surface area (Å²) < 4.78 is 0. The average Bonchev–Trinajstić information content (AvgIpc) is 2.35. The summed E-state index contributed by atoms with van der Waals surface area (Å²) >= 11 is 0. The van der Waals surface area contributed by atoms with E-state index in [1.807, 2.05) is 6.07 Å². The minimum atomic E-state index is -0.132. The SMILES string of the molecule is CC(=O)Nc1ccc(CN=C(N)NCC2CCC2)cn1.I. The summed E-state index contributed by atoms with van der Waals surface area (Å²) in [7, 11) is 0. The van der Waals surface area contributed by atoms with Gasteiger partial charge in [-0.2, -0.15) is 0 Å². The lowest BCUT2D eigenvalue weighted by Gasteiger charge is -2.25. The van der Waals surface area contributed by atoms with Gasteiger partial charge in [-0.05, 0) is 30.4 Å². The number of carbonyl (C=O) groups is 1. The van der Waals surface area contributed by atoms with Gasteiger partial charge in [-0.25, -0.2) is 9.98 Å². The lowest BCUT2D eigenvalue weighted by Crippen LogP contribution is -2.37. The number of aromatic nitrogens is 1. The van der Waals surface area contributed by atoms with Crippen LogP contribution in [0.25, 0.3) is 0 Å². The maximum atomic E-state index is 10.9. The molecule has 1 aliphatic carbocycles. The molecule has 1 fully saturated rings. The second-order valence-corrected chi connectivity index (χ2v) is 5.11. The zero-order chi connectivity index (χ0) is 14.4. The van der Waals surface area contributed by atoms with Crippen LogP contribution in [0.3, 0.4) is 0 Å². The molecule has 0 atom stereocenters. The van der Waals surface area contributed by atoms with Crippen LogP contribution in [0.4, 0.5) is 5.82 Å². The lowest BCUT2D eigenvalue weighted by molar-refractivity contribution is -0.114. The standard InChI is InChI=1S/C14H21N5O.HI/c1-10(20)19-13-6-5-12(8-16-13)9-18-14(15)17-7-11-3-2-4-11;/h5-6,8,11H,2-4,7,9H2,1H3,(H3,15,17,18)(H,16,19,20);1H. The van der Waals surface area contributed by atoms with Crippen molar-refractivity contribution in [3.63, 3.8) is 0 Å². The summed E-state index contributed by atoms with van der Waals surface area (Å²) in [5.41, 5.74) is 6.76. The highest BCUT2D eigenvalue weighted by molar-refractivity contribution is 14.0. The molecular formula is C14H22IN5O. The van der Waals surface area contributed by atoms with Crippen molar-refractivity contribution in [1.82, 2.24) is 10.3 Å². The molecule has 0 bridgehead atoms. The van der Waals surface area contributed by atoms with Gasteiger partial charge in [-0.3, -0.25) is 4.79 Å². The first kappa shape index (κ1) is 17.7. The molecule has 1 aromatic heterocycles. The molecule has 4 N–H and O–H groups in total. The number of carbonyl (C=O) groups excluding carboxylic acids is 1. The third-order valence-corrected chi connectivity index (χ3v) is 3.36. The molecule has 116 valence electrons. The molecular weight excluding hydrogens is 381 g/mol. The van der Waals surface area contributed by atoms with E-state index < -0.39 is 0 Å². The van der Waals surface area contributed by atoms with Crippen molar-refractivity contribution >= 4 is 41.7 Å². The molecule has 6 nitrogen and oxygen atoms in total. The highest BCUT2D eigenvalue weighted by Gasteiger charge is 2.16. The van der Waals surface area contributed by atoms with Gasteiger partial charge in [0.25, 0.3) is 0 Å². The average molecular weight is 403 g/mol. The van der Waals surface area contributed by atoms with Gasteiger partial charge in [0, 0.05) is 19.7 Å². The minimum absolute atomic E-state index is 0. The van der Waals surface area contributed by atoms with E-state index in [0.717, 1.165) is 18.0 Å². The summed E-state index contributed by atoms with van der Waals surface area (Å²) in [5.74, 6) is 1.64. The van der Waals surface area contributed by atoms with Crippen LogP contribution >= 0.6 is 24.0 Å². The number of rotatable bonds is 5. The van der Waals surface area contributed by atoms with Crippen molar-refractivity contribution in [2.24, 2.45) is 16.6 Å². The van der Waals surface area contributed by atoms with E-state index in [4.69, 9.17) is 5.73 Å². The van der Waals surface area contributed by atoms with Gasteiger partial charge < -0.3 is 16.4 Å². The highest BCUT2D eigenvalue weighted by atomic mass is 127. The molecule has 1 saturated carbocycles. The monoisotopic (exact) mass is 403 g/mol. The quantitative estimate of drug-likeness (QED) is 0.398. The fourth-order valence-electron chi connectivity index (χ4n) is 1.95. The Balaban J connectivity index is 0.00000220. The first-order chi connectivity index (χ1) is 9.63. The first-order valence-corrected chi connectivity index (χ1v) is 6.90. The van der Waals surface area contributed by atoms with Crippen LogP contribution in [0.15, 0.2) is 23.3 Å². The molecule has 0 aliphatic heterocycles. The van der Waals surface area contributed by atoms with Crippen LogP contribution in [-0.2, 0) is 11.3 Å². The summed E-state index contributed by atoms with van der Waals surface area (Å²) in [5, 5.41) is 5.76. The van der Waals surface area contributed by atoms with Crippen molar-refractivity contribution in [2.75, 3.05) is 11.9 Å². The van der Waals surface area contributed by atoms with E-state index in [0.29, 0.717) is 18.3 Å². The molecule has 1 aliphatic rings. The predicted molar refractivity (Wildman–Crippen MR) is 94.6 cm³/mol. The van der Waals surface area contributed by atoms with E-state index in [2.05, 4.69) is 20.6 Å². The Labute approximate surface area is 142 Å². The minimum Gasteiger partial charge on any atom is -0.370 e. The molecule has 0 unspecified atom stereocenters. The molecule has 0 spiro atoms. The number of nitrogens with two attached hydrogens (primary N) is 1. The van der Waals surface area contributed by atoms with E-state index in [9.17, 15) is 4.79 Å². The van der Waals surface area contributed by atoms with E-state index in [-0.39, 0.29) is 29.9 Å². The van der Waals surface area contributed by atoms with Gasteiger partial charge >= 0.3 is 0 Å². The van der Waals surface area contributed by atoms with E-state index in [1.165, 1.54) is 26.2 Å². The Kier molecular flexibility index (Phi) is 7.41. The number of nitrogens with one attached hydrogen (secondary N) is 2. The molecule has 0 saturated heterocycles. The van der Waals surface area contributed by atoms with Crippen molar-refractivity contribution < 1.29 is 4.79 Å². The smallest absolute Gasteiger partial charge is 0.222 e. The summed E-state index contributed by atoms with van der Waals surface area (Å²) in [6, 6.07) is 3.63. The summed E-state index contributed by atoms with van der Waals surface area (Å²) in [6.45, 7) is 2.85. The van der Waals surface area contributed by atoms with Crippen molar-refractivity contribution in [2.45, 2.75) is 32.7 Å². The number of hydrogen-bond donors (Lipinski definition) is 3. The Morgan fingerprint density at radius 2 is 2.24 bits per heavy atom. The molecule has 2 rings (SSSR count). The zero-order valence-electron chi connectivity index (χ0n) is 12.1.